The SMILES string of the molecule is CCCCCCCCN(CCCCCCCC)c1ccc(C2C(=O)C(=C3C=CC(=[N+](CCCCCCCC)CCCCCCCC)C=C3NC(C)=O)C2=O)c(NC(C)=O)c1. The van der Waals surface area contributed by atoms with Crippen LogP contribution in [0, 0.1) is 0 Å². The van der Waals surface area contributed by atoms with Gasteiger partial charge >= 0.3 is 0 Å². The zero-order valence-corrected chi connectivity index (χ0v) is 38.9. The number of amides is 2. The van der Waals surface area contributed by atoms with E-state index in [-0.39, 0.29) is 29.0 Å². The molecule has 0 saturated heterocycles. The molecular weight excluding hydrogens is 745 g/mol. The first-order chi connectivity index (χ1) is 29.2. The fourth-order valence-corrected chi connectivity index (χ4v) is 8.60. The molecule has 0 unspecified atom stereocenters. The van der Waals surface area contributed by atoms with Crippen molar-refractivity contribution in [1.82, 2.24) is 5.32 Å². The highest BCUT2D eigenvalue weighted by Gasteiger charge is 2.48. The molecule has 0 radical (unpaired) electrons. The van der Waals surface area contributed by atoms with Crippen LogP contribution in [-0.2, 0) is 19.2 Å². The van der Waals surface area contributed by atoms with Gasteiger partial charge in [-0.25, -0.2) is 4.58 Å². The van der Waals surface area contributed by atoms with Crippen LogP contribution in [-0.4, -0.2) is 59.8 Å². The molecule has 3 rings (SSSR count). The van der Waals surface area contributed by atoms with Gasteiger partial charge in [0, 0.05) is 68.9 Å². The summed E-state index contributed by atoms with van der Waals surface area (Å²) in [7, 11) is 0. The molecule has 334 valence electrons. The quantitative estimate of drug-likeness (QED) is 0.0248. The number of carbonyl (C=O) groups is 4. The van der Waals surface area contributed by atoms with E-state index >= 15 is 0 Å². The summed E-state index contributed by atoms with van der Waals surface area (Å²) in [5.74, 6) is -2.08. The lowest BCUT2D eigenvalue weighted by Crippen LogP contribution is -2.41. The van der Waals surface area contributed by atoms with E-state index in [0.29, 0.717) is 22.5 Å². The normalized spacial score (nSPS) is 15.0. The van der Waals surface area contributed by atoms with Crippen LogP contribution in [0.3, 0.4) is 0 Å². The molecule has 0 aromatic heterocycles. The molecule has 60 heavy (non-hydrogen) atoms. The van der Waals surface area contributed by atoms with Crippen molar-refractivity contribution in [3.8, 4) is 0 Å². The van der Waals surface area contributed by atoms with E-state index in [1.54, 1.807) is 0 Å². The van der Waals surface area contributed by atoms with Gasteiger partial charge in [-0.1, -0.05) is 149 Å². The zero-order chi connectivity index (χ0) is 43.5. The Balaban J connectivity index is 1.90. The topological polar surface area (TPSA) is 98.6 Å². The van der Waals surface area contributed by atoms with Gasteiger partial charge in [0.15, 0.2) is 11.6 Å². The van der Waals surface area contributed by atoms with E-state index in [0.717, 1.165) is 63.3 Å². The van der Waals surface area contributed by atoms with Crippen molar-refractivity contribution in [1.29, 1.82) is 0 Å². The molecule has 2 aliphatic carbocycles. The van der Waals surface area contributed by atoms with Crippen LogP contribution in [0.2, 0.25) is 0 Å². The highest BCUT2D eigenvalue weighted by atomic mass is 16.2. The Kier molecular flexibility index (Phi) is 24.8. The first kappa shape index (κ1) is 50.5. The fourth-order valence-electron chi connectivity index (χ4n) is 8.60. The van der Waals surface area contributed by atoms with Crippen molar-refractivity contribution < 1.29 is 23.8 Å². The number of hydrogen-bond donors (Lipinski definition) is 2. The minimum absolute atomic E-state index is 0.110. The molecule has 8 nitrogen and oxygen atoms in total. The summed E-state index contributed by atoms with van der Waals surface area (Å²) in [6.45, 7) is 15.6. The van der Waals surface area contributed by atoms with Crippen LogP contribution >= 0.6 is 0 Å². The largest absolute Gasteiger partial charge is 0.371 e. The van der Waals surface area contributed by atoms with Crippen LogP contribution in [0.15, 0.2) is 53.3 Å². The molecule has 2 aliphatic rings. The average Bonchev–Trinajstić information content (AvgIpc) is 3.22. The minimum atomic E-state index is -1.01. The second-order valence-corrected chi connectivity index (χ2v) is 17.4. The van der Waals surface area contributed by atoms with Gasteiger partial charge in [0.1, 0.15) is 19.0 Å². The fraction of sp³-hybridized carbons (Fsp3) is 0.673. The van der Waals surface area contributed by atoms with Crippen LogP contribution in [0.1, 0.15) is 207 Å². The third-order valence-corrected chi connectivity index (χ3v) is 12.1. The molecule has 1 fully saturated rings. The van der Waals surface area contributed by atoms with Crippen molar-refractivity contribution in [3.63, 3.8) is 0 Å². The smallest absolute Gasteiger partial charge is 0.221 e. The summed E-state index contributed by atoms with van der Waals surface area (Å²) in [5, 5.41) is 5.93. The molecule has 1 saturated carbocycles. The summed E-state index contributed by atoms with van der Waals surface area (Å²) in [5.41, 5.74) is 4.09. The molecule has 2 N–H and O–H groups in total. The Bertz CT molecular complexity index is 1580. The van der Waals surface area contributed by atoms with Gasteiger partial charge in [-0.3, -0.25) is 19.2 Å². The van der Waals surface area contributed by atoms with Gasteiger partial charge in [0.25, 0.3) is 0 Å². The first-order valence-electron chi connectivity index (χ1n) is 24.4. The Labute approximate surface area is 365 Å². The zero-order valence-electron chi connectivity index (χ0n) is 38.9. The van der Waals surface area contributed by atoms with E-state index in [2.05, 4.69) is 47.8 Å². The summed E-state index contributed by atoms with van der Waals surface area (Å²) >= 11 is 0. The maximum atomic E-state index is 14.2. The van der Waals surface area contributed by atoms with Crippen molar-refractivity contribution in [2.45, 2.75) is 202 Å². The van der Waals surface area contributed by atoms with Crippen molar-refractivity contribution >= 4 is 40.5 Å². The summed E-state index contributed by atoms with van der Waals surface area (Å²) < 4.78 is 2.41. The molecule has 1 aromatic rings. The van der Waals surface area contributed by atoms with Gasteiger partial charge in [0.2, 0.25) is 17.5 Å². The highest BCUT2D eigenvalue weighted by molar-refractivity contribution is 6.43. The maximum Gasteiger partial charge on any atom is 0.221 e. The number of nitrogens with one attached hydrogen (secondary N) is 2. The van der Waals surface area contributed by atoms with E-state index in [1.165, 1.54) is 142 Å². The molecule has 0 heterocycles. The Morgan fingerprint density at radius 1 is 0.583 bits per heavy atom. The Morgan fingerprint density at radius 3 is 1.50 bits per heavy atom. The average molecular weight is 828 g/mol. The maximum absolute atomic E-state index is 14.2. The Morgan fingerprint density at radius 2 is 1.03 bits per heavy atom. The number of carbonyl (C=O) groups excluding carboxylic acids is 4. The monoisotopic (exact) mass is 828 g/mol. The molecule has 0 spiro atoms. The number of rotatable bonds is 32. The predicted molar refractivity (Wildman–Crippen MR) is 252 cm³/mol. The second kappa shape index (κ2) is 29.4. The third kappa shape index (κ3) is 17.3. The number of nitrogens with zero attached hydrogens (tertiary/aromatic N) is 2. The van der Waals surface area contributed by atoms with Gasteiger partial charge < -0.3 is 15.5 Å². The second-order valence-electron chi connectivity index (χ2n) is 17.4. The standard InChI is InChI=1S/C52H82N4O4/c1-7-11-15-19-23-27-35-55(36-28-24-20-16-12-8-2)43-31-33-45(47(39-43)53-41(5)57)49-51(59)50(52(49)60)46-34-32-44(40-48(46)54-42(6)58)56(37-29-25-21-17-13-9-3)38-30-26-22-18-14-10-4/h31-34,39-40,49H,7-30,35-38H2,1-6H3,(H,53,57)/p+1. The van der Waals surface area contributed by atoms with E-state index in [4.69, 9.17) is 0 Å². The Hall–Kier alpha value is -3.81. The molecule has 0 aliphatic heterocycles. The van der Waals surface area contributed by atoms with Crippen LogP contribution < -0.4 is 15.5 Å². The first-order valence-corrected chi connectivity index (χ1v) is 24.4. The van der Waals surface area contributed by atoms with Gasteiger partial charge in [-0.2, -0.15) is 0 Å². The third-order valence-electron chi connectivity index (χ3n) is 12.1. The lowest BCUT2D eigenvalue weighted by atomic mass is 9.69. The van der Waals surface area contributed by atoms with Crippen molar-refractivity contribution in [2.75, 3.05) is 36.4 Å². The molecular formula is C52H83N4O4+. The lowest BCUT2D eigenvalue weighted by molar-refractivity contribution is -0.527. The van der Waals surface area contributed by atoms with Crippen LogP contribution in [0.25, 0.3) is 0 Å². The van der Waals surface area contributed by atoms with Crippen LogP contribution in [0.4, 0.5) is 11.4 Å². The molecule has 0 bridgehead atoms. The lowest BCUT2D eigenvalue weighted by Gasteiger charge is -2.32. The van der Waals surface area contributed by atoms with Gasteiger partial charge in [0.05, 0.1) is 11.3 Å². The van der Waals surface area contributed by atoms with E-state index < -0.39 is 5.92 Å². The van der Waals surface area contributed by atoms with E-state index in [9.17, 15) is 19.2 Å². The number of unbranched alkanes of at least 4 members (excludes halogenated alkanes) is 20. The van der Waals surface area contributed by atoms with Gasteiger partial charge in [-0.05, 0) is 49.5 Å². The summed E-state index contributed by atoms with van der Waals surface area (Å²) in [6, 6.07) is 5.85. The van der Waals surface area contributed by atoms with Crippen molar-refractivity contribution in [3.05, 3.63) is 58.8 Å². The number of anilines is 2. The minimum Gasteiger partial charge on any atom is -0.371 e. The number of allylic oxidation sites excluding steroid dienone is 4. The molecule has 0 atom stereocenters. The number of benzene rings is 1. The molecule has 8 heteroatoms. The van der Waals surface area contributed by atoms with Crippen LogP contribution in [0.5, 0.6) is 0 Å². The highest BCUT2D eigenvalue weighted by Crippen LogP contribution is 2.42. The predicted octanol–water partition coefficient (Wildman–Crippen LogP) is 12.5. The number of Topliss-reactive ketones (excluding diaryl/α,β-unsaturated/α-hetero) is 2. The summed E-state index contributed by atoms with van der Waals surface area (Å²) in [6.07, 6.45) is 35.0. The summed E-state index contributed by atoms with van der Waals surface area (Å²) in [4.78, 5) is 55.9. The van der Waals surface area contributed by atoms with E-state index in [1.807, 2.05) is 36.4 Å². The van der Waals surface area contributed by atoms with Gasteiger partial charge in [-0.15, -0.1) is 0 Å². The van der Waals surface area contributed by atoms with Crippen molar-refractivity contribution in [2.24, 2.45) is 0 Å². The number of hydrogen-bond acceptors (Lipinski definition) is 5. The molecule has 1 aromatic carbocycles. The number of ketones is 2. The molecule has 2 amide bonds.